The van der Waals surface area contributed by atoms with Crippen LogP contribution in [-0.4, -0.2) is 9.97 Å². The van der Waals surface area contributed by atoms with Gasteiger partial charge in [-0.05, 0) is 30.7 Å². The molecule has 0 aliphatic heterocycles. The number of benzene rings is 1. The summed E-state index contributed by atoms with van der Waals surface area (Å²) >= 11 is 0. The molecule has 4 heteroatoms. The lowest BCUT2D eigenvalue weighted by Gasteiger charge is -2.11. The molecule has 0 bridgehead atoms. The van der Waals surface area contributed by atoms with E-state index in [9.17, 15) is 5.26 Å². The van der Waals surface area contributed by atoms with E-state index in [1.165, 1.54) is 0 Å². The molecular formula is C16H12N4. The average Bonchev–Trinajstić information content (AvgIpc) is 2.48. The molecule has 0 aliphatic carbocycles. The number of hydrogen-bond donors (Lipinski definition) is 1. The lowest BCUT2D eigenvalue weighted by Crippen LogP contribution is -1.99. The second-order valence-corrected chi connectivity index (χ2v) is 4.49. The number of nitriles is 1. The van der Waals surface area contributed by atoms with Crippen LogP contribution in [0.1, 0.15) is 11.1 Å². The van der Waals surface area contributed by atoms with E-state index in [4.69, 9.17) is 0 Å². The predicted octanol–water partition coefficient (Wildman–Crippen LogP) is 3.55. The molecule has 1 N–H and O–H groups in total. The van der Waals surface area contributed by atoms with E-state index in [2.05, 4.69) is 21.4 Å². The van der Waals surface area contributed by atoms with Gasteiger partial charge in [-0.1, -0.05) is 12.1 Å². The SMILES string of the molecule is Cc1ccnc(Nc2cccc3cnccc23)c1C#N. The third kappa shape index (κ3) is 2.06. The van der Waals surface area contributed by atoms with Crippen LogP contribution in [0.2, 0.25) is 0 Å². The Balaban J connectivity index is 2.11. The zero-order valence-electron chi connectivity index (χ0n) is 11.0. The van der Waals surface area contributed by atoms with Gasteiger partial charge in [-0.3, -0.25) is 4.98 Å². The maximum absolute atomic E-state index is 9.25. The maximum Gasteiger partial charge on any atom is 0.148 e. The summed E-state index contributed by atoms with van der Waals surface area (Å²) in [6.45, 7) is 1.90. The van der Waals surface area contributed by atoms with Gasteiger partial charge in [-0.25, -0.2) is 4.98 Å². The summed E-state index contributed by atoms with van der Waals surface area (Å²) in [5.41, 5.74) is 2.39. The first-order valence-electron chi connectivity index (χ1n) is 6.25. The van der Waals surface area contributed by atoms with Crippen molar-refractivity contribution in [1.29, 1.82) is 5.26 Å². The number of aromatic nitrogens is 2. The standard InChI is InChI=1S/C16H12N4/c1-11-5-8-19-16(14(11)9-17)20-15-4-2-3-12-10-18-7-6-13(12)15/h2-8,10H,1H3,(H,19,20). The van der Waals surface area contributed by atoms with Crippen LogP contribution in [0.3, 0.4) is 0 Å². The first kappa shape index (κ1) is 12.1. The summed E-state index contributed by atoms with van der Waals surface area (Å²) < 4.78 is 0. The summed E-state index contributed by atoms with van der Waals surface area (Å²) in [5, 5.41) is 14.6. The fourth-order valence-corrected chi connectivity index (χ4v) is 2.15. The molecule has 0 unspecified atom stereocenters. The van der Waals surface area contributed by atoms with Crippen molar-refractivity contribution in [3.63, 3.8) is 0 Å². The van der Waals surface area contributed by atoms with Crippen LogP contribution in [0.5, 0.6) is 0 Å². The highest BCUT2D eigenvalue weighted by atomic mass is 15.0. The van der Waals surface area contributed by atoms with Crippen molar-refractivity contribution in [3.8, 4) is 6.07 Å². The molecule has 2 heterocycles. The molecule has 0 saturated carbocycles. The second kappa shape index (κ2) is 4.98. The molecule has 0 saturated heterocycles. The highest BCUT2D eigenvalue weighted by molar-refractivity contribution is 5.94. The van der Waals surface area contributed by atoms with Gasteiger partial charge in [-0.2, -0.15) is 5.26 Å². The van der Waals surface area contributed by atoms with Gasteiger partial charge in [0.25, 0.3) is 0 Å². The number of fused-ring (bicyclic) bond motifs is 1. The van der Waals surface area contributed by atoms with Gasteiger partial charge in [-0.15, -0.1) is 0 Å². The summed E-state index contributed by atoms with van der Waals surface area (Å²) in [7, 11) is 0. The molecular weight excluding hydrogens is 248 g/mol. The van der Waals surface area contributed by atoms with Crippen molar-refractivity contribution in [3.05, 3.63) is 60.0 Å². The number of pyridine rings is 2. The quantitative estimate of drug-likeness (QED) is 0.765. The van der Waals surface area contributed by atoms with Gasteiger partial charge in [0.1, 0.15) is 11.9 Å². The van der Waals surface area contributed by atoms with Crippen molar-refractivity contribution in [1.82, 2.24) is 9.97 Å². The Labute approximate surface area is 116 Å². The highest BCUT2D eigenvalue weighted by Crippen LogP contribution is 2.26. The molecule has 96 valence electrons. The number of nitrogens with zero attached hydrogens (tertiary/aromatic N) is 3. The van der Waals surface area contributed by atoms with E-state index in [0.29, 0.717) is 11.4 Å². The molecule has 0 spiro atoms. The van der Waals surface area contributed by atoms with E-state index in [0.717, 1.165) is 22.0 Å². The van der Waals surface area contributed by atoms with Crippen molar-refractivity contribution < 1.29 is 0 Å². The number of nitrogens with one attached hydrogen (secondary N) is 1. The Morgan fingerprint density at radius 3 is 2.90 bits per heavy atom. The molecule has 0 radical (unpaired) electrons. The molecule has 3 aromatic rings. The Morgan fingerprint density at radius 2 is 2.05 bits per heavy atom. The smallest absolute Gasteiger partial charge is 0.148 e. The normalized spacial score (nSPS) is 10.2. The summed E-state index contributed by atoms with van der Waals surface area (Å²) in [6.07, 6.45) is 5.27. The van der Waals surface area contributed by atoms with Gasteiger partial charge in [0.2, 0.25) is 0 Å². The van der Waals surface area contributed by atoms with Gasteiger partial charge in [0, 0.05) is 35.1 Å². The second-order valence-electron chi connectivity index (χ2n) is 4.49. The lowest BCUT2D eigenvalue weighted by molar-refractivity contribution is 1.25. The lowest BCUT2D eigenvalue weighted by atomic mass is 10.1. The minimum absolute atomic E-state index is 0.568. The molecule has 20 heavy (non-hydrogen) atoms. The van der Waals surface area contributed by atoms with Crippen molar-refractivity contribution in [2.24, 2.45) is 0 Å². The van der Waals surface area contributed by atoms with Crippen LogP contribution in [-0.2, 0) is 0 Å². The van der Waals surface area contributed by atoms with E-state index >= 15 is 0 Å². The number of rotatable bonds is 2. The Kier molecular flexibility index (Phi) is 3.02. The van der Waals surface area contributed by atoms with E-state index < -0.39 is 0 Å². The summed E-state index contributed by atoms with van der Waals surface area (Å²) in [6, 6.07) is 11.9. The van der Waals surface area contributed by atoms with E-state index in [1.807, 2.05) is 43.5 Å². The number of aryl methyl sites for hydroxylation is 1. The molecule has 4 nitrogen and oxygen atoms in total. The molecule has 0 fully saturated rings. The third-order valence-corrected chi connectivity index (χ3v) is 3.20. The first-order valence-corrected chi connectivity index (χ1v) is 6.25. The van der Waals surface area contributed by atoms with E-state index in [-0.39, 0.29) is 0 Å². The molecule has 0 amide bonds. The van der Waals surface area contributed by atoms with Gasteiger partial charge >= 0.3 is 0 Å². The van der Waals surface area contributed by atoms with Crippen LogP contribution >= 0.6 is 0 Å². The Morgan fingerprint density at radius 1 is 1.15 bits per heavy atom. The Bertz CT molecular complexity index is 813. The van der Waals surface area contributed by atoms with Crippen LogP contribution in [0.4, 0.5) is 11.5 Å². The van der Waals surface area contributed by atoms with Gasteiger partial charge in [0.05, 0.1) is 5.56 Å². The van der Waals surface area contributed by atoms with E-state index in [1.54, 1.807) is 12.4 Å². The maximum atomic E-state index is 9.25. The summed E-state index contributed by atoms with van der Waals surface area (Å²) in [5.74, 6) is 0.580. The monoisotopic (exact) mass is 260 g/mol. The van der Waals surface area contributed by atoms with Crippen molar-refractivity contribution in [2.45, 2.75) is 6.92 Å². The van der Waals surface area contributed by atoms with Gasteiger partial charge < -0.3 is 5.32 Å². The first-order chi connectivity index (χ1) is 9.79. The van der Waals surface area contributed by atoms with Crippen molar-refractivity contribution in [2.75, 3.05) is 5.32 Å². The van der Waals surface area contributed by atoms with Crippen LogP contribution < -0.4 is 5.32 Å². The largest absolute Gasteiger partial charge is 0.339 e. The zero-order valence-corrected chi connectivity index (χ0v) is 11.0. The Hall–Kier alpha value is -2.93. The minimum Gasteiger partial charge on any atom is -0.339 e. The minimum atomic E-state index is 0.568. The molecule has 0 aliphatic rings. The molecule has 2 aromatic heterocycles. The van der Waals surface area contributed by atoms with Crippen molar-refractivity contribution >= 4 is 22.3 Å². The summed E-state index contributed by atoms with van der Waals surface area (Å²) in [4.78, 5) is 8.38. The highest BCUT2D eigenvalue weighted by Gasteiger charge is 2.08. The number of anilines is 2. The average molecular weight is 260 g/mol. The number of hydrogen-bond acceptors (Lipinski definition) is 4. The third-order valence-electron chi connectivity index (χ3n) is 3.20. The van der Waals surface area contributed by atoms with Gasteiger partial charge in [0.15, 0.2) is 0 Å². The zero-order chi connectivity index (χ0) is 13.9. The fourth-order valence-electron chi connectivity index (χ4n) is 2.15. The van der Waals surface area contributed by atoms with Crippen LogP contribution in [0.25, 0.3) is 10.8 Å². The molecule has 1 aromatic carbocycles. The molecule has 3 rings (SSSR count). The van der Waals surface area contributed by atoms with Crippen LogP contribution in [0.15, 0.2) is 48.9 Å². The molecule has 0 atom stereocenters. The fraction of sp³-hybridized carbons (Fsp3) is 0.0625. The predicted molar refractivity (Wildman–Crippen MR) is 78.7 cm³/mol. The topological polar surface area (TPSA) is 61.6 Å². The van der Waals surface area contributed by atoms with Crippen LogP contribution in [0, 0.1) is 18.3 Å².